The van der Waals surface area contributed by atoms with Gasteiger partial charge >= 0.3 is 0 Å². The van der Waals surface area contributed by atoms with Crippen molar-refractivity contribution in [1.82, 2.24) is 9.97 Å². The van der Waals surface area contributed by atoms with Crippen LogP contribution in [0.1, 0.15) is 24.6 Å². The molecule has 0 aliphatic heterocycles. The van der Waals surface area contributed by atoms with Gasteiger partial charge in [0.05, 0.1) is 5.69 Å². The van der Waals surface area contributed by atoms with Gasteiger partial charge in [0.2, 0.25) is 5.28 Å². The van der Waals surface area contributed by atoms with E-state index in [0.717, 1.165) is 17.7 Å². The van der Waals surface area contributed by atoms with E-state index in [9.17, 15) is 0 Å². The lowest BCUT2D eigenvalue weighted by molar-refractivity contribution is 1.09. The Morgan fingerprint density at radius 3 is 2.54 bits per heavy atom. The summed E-state index contributed by atoms with van der Waals surface area (Å²) in [6.07, 6.45) is 4.87. The second kappa shape index (κ2) is 4.58. The first-order valence-electron chi connectivity index (χ1n) is 4.01. The second-order valence-electron chi connectivity index (χ2n) is 2.59. The van der Waals surface area contributed by atoms with Gasteiger partial charge in [-0.25, -0.2) is 9.97 Å². The highest BCUT2D eigenvalue weighted by molar-refractivity contribution is 6.32. The number of allylic oxidation sites excluding steroid dienone is 1. The average Bonchev–Trinajstić information content (AvgIpc) is 2.02. The van der Waals surface area contributed by atoms with E-state index in [2.05, 4.69) is 16.9 Å². The first kappa shape index (κ1) is 10.5. The fourth-order valence-corrected chi connectivity index (χ4v) is 1.47. The Labute approximate surface area is 87.6 Å². The van der Waals surface area contributed by atoms with Gasteiger partial charge in [-0.05, 0) is 24.9 Å². The number of hydrogen-bond donors (Lipinski definition) is 0. The highest BCUT2D eigenvalue weighted by Gasteiger charge is 2.05. The fourth-order valence-electron chi connectivity index (χ4n) is 0.939. The Kier molecular flexibility index (Phi) is 3.70. The highest BCUT2D eigenvalue weighted by atomic mass is 35.5. The predicted octanol–water partition coefficient (Wildman–Crippen LogP) is 3.52. The van der Waals surface area contributed by atoms with Crippen molar-refractivity contribution in [3.8, 4) is 0 Å². The molecule has 4 heteroatoms. The van der Waals surface area contributed by atoms with E-state index in [0.29, 0.717) is 5.15 Å². The molecule has 0 spiro atoms. The molecular formula is C9H10Cl2N2. The van der Waals surface area contributed by atoms with Crippen molar-refractivity contribution in [2.45, 2.75) is 20.3 Å². The lowest BCUT2D eigenvalue weighted by atomic mass is 10.2. The van der Waals surface area contributed by atoms with Crippen LogP contribution in [0.15, 0.2) is 6.08 Å². The van der Waals surface area contributed by atoms with Crippen LogP contribution in [0.25, 0.3) is 6.08 Å². The van der Waals surface area contributed by atoms with Gasteiger partial charge in [-0.15, -0.1) is 0 Å². The number of aromatic nitrogens is 2. The Morgan fingerprint density at radius 1 is 1.31 bits per heavy atom. The lowest BCUT2D eigenvalue weighted by Crippen LogP contribution is -1.92. The zero-order valence-corrected chi connectivity index (χ0v) is 9.02. The van der Waals surface area contributed by atoms with Gasteiger partial charge in [-0.1, -0.05) is 30.7 Å². The molecule has 2 nitrogen and oxygen atoms in total. The van der Waals surface area contributed by atoms with Gasteiger partial charge in [0, 0.05) is 5.56 Å². The molecule has 0 fully saturated rings. The molecule has 0 N–H and O–H groups in total. The molecule has 0 bridgehead atoms. The molecule has 0 unspecified atom stereocenters. The van der Waals surface area contributed by atoms with Crippen molar-refractivity contribution in [3.63, 3.8) is 0 Å². The number of rotatable bonds is 2. The van der Waals surface area contributed by atoms with Gasteiger partial charge in [0.15, 0.2) is 0 Å². The zero-order valence-electron chi connectivity index (χ0n) is 7.51. The minimum Gasteiger partial charge on any atom is -0.223 e. The molecule has 13 heavy (non-hydrogen) atoms. The smallest absolute Gasteiger partial charge is 0.223 e. The molecule has 0 radical (unpaired) electrons. The third-order valence-electron chi connectivity index (χ3n) is 1.58. The van der Waals surface area contributed by atoms with Crippen molar-refractivity contribution < 1.29 is 0 Å². The van der Waals surface area contributed by atoms with E-state index in [-0.39, 0.29) is 5.28 Å². The van der Waals surface area contributed by atoms with Gasteiger partial charge in [-0.2, -0.15) is 0 Å². The van der Waals surface area contributed by atoms with Crippen LogP contribution in [0.5, 0.6) is 0 Å². The molecule has 1 aromatic rings. The van der Waals surface area contributed by atoms with Crippen molar-refractivity contribution in [1.29, 1.82) is 0 Å². The number of nitrogens with zero attached hydrogens (tertiary/aromatic N) is 2. The molecule has 70 valence electrons. The molecule has 1 aromatic heterocycles. The topological polar surface area (TPSA) is 25.8 Å². The van der Waals surface area contributed by atoms with Crippen LogP contribution >= 0.6 is 23.2 Å². The normalized spacial score (nSPS) is 11.1. The number of aryl methyl sites for hydroxylation is 1. The molecule has 0 saturated carbocycles. The van der Waals surface area contributed by atoms with Gasteiger partial charge in [-0.3, -0.25) is 0 Å². The standard InChI is InChI=1S/C9H10Cl2N2/c1-3-4-5-7-6(2)12-9(11)13-8(7)10/h4-5H,3H2,1-2H3/b5-4-. The predicted molar refractivity (Wildman–Crippen MR) is 56.1 cm³/mol. The summed E-state index contributed by atoms with van der Waals surface area (Å²) in [5.41, 5.74) is 1.64. The molecule has 0 saturated heterocycles. The average molecular weight is 217 g/mol. The summed E-state index contributed by atoms with van der Waals surface area (Å²) in [7, 11) is 0. The summed E-state index contributed by atoms with van der Waals surface area (Å²) in [6.45, 7) is 3.91. The molecule has 0 aliphatic rings. The first-order valence-corrected chi connectivity index (χ1v) is 4.77. The van der Waals surface area contributed by atoms with E-state index in [4.69, 9.17) is 23.2 Å². The van der Waals surface area contributed by atoms with E-state index >= 15 is 0 Å². The summed E-state index contributed by atoms with van der Waals surface area (Å²) in [6, 6.07) is 0. The summed E-state index contributed by atoms with van der Waals surface area (Å²) in [5.74, 6) is 0. The second-order valence-corrected chi connectivity index (χ2v) is 3.29. The molecular weight excluding hydrogens is 207 g/mol. The third-order valence-corrected chi connectivity index (χ3v) is 2.04. The van der Waals surface area contributed by atoms with E-state index < -0.39 is 0 Å². The van der Waals surface area contributed by atoms with Crippen LogP contribution in [-0.2, 0) is 0 Å². The quantitative estimate of drug-likeness (QED) is 0.559. The Balaban J connectivity index is 3.13. The minimum absolute atomic E-state index is 0.191. The van der Waals surface area contributed by atoms with Gasteiger partial charge < -0.3 is 0 Å². The SMILES string of the molecule is CC/C=C\c1c(C)nc(Cl)nc1Cl. The molecule has 0 aromatic carbocycles. The molecule has 0 atom stereocenters. The maximum absolute atomic E-state index is 5.88. The third kappa shape index (κ3) is 2.68. The number of halogens is 2. The van der Waals surface area contributed by atoms with Crippen molar-refractivity contribution in [2.24, 2.45) is 0 Å². The maximum atomic E-state index is 5.88. The monoisotopic (exact) mass is 216 g/mol. The van der Waals surface area contributed by atoms with Crippen LogP contribution in [-0.4, -0.2) is 9.97 Å². The van der Waals surface area contributed by atoms with Crippen LogP contribution < -0.4 is 0 Å². The zero-order chi connectivity index (χ0) is 9.84. The highest BCUT2D eigenvalue weighted by Crippen LogP contribution is 2.19. The van der Waals surface area contributed by atoms with Crippen molar-refractivity contribution in [3.05, 3.63) is 27.8 Å². The summed E-state index contributed by atoms with van der Waals surface area (Å²) >= 11 is 11.5. The van der Waals surface area contributed by atoms with E-state index in [1.807, 2.05) is 19.1 Å². The molecule has 0 aliphatic carbocycles. The fraction of sp³-hybridized carbons (Fsp3) is 0.333. The lowest BCUT2D eigenvalue weighted by Gasteiger charge is -2.01. The van der Waals surface area contributed by atoms with Crippen LogP contribution in [0, 0.1) is 6.92 Å². The Bertz CT molecular complexity index is 311. The van der Waals surface area contributed by atoms with E-state index in [1.54, 1.807) is 0 Å². The van der Waals surface area contributed by atoms with Gasteiger partial charge in [0.25, 0.3) is 0 Å². The minimum atomic E-state index is 0.191. The van der Waals surface area contributed by atoms with Gasteiger partial charge in [0.1, 0.15) is 5.15 Å². The van der Waals surface area contributed by atoms with Crippen molar-refractivity contribution in [2.75, 3.05) is 0 Å². The molecule has 0 amide bonds. The maximum Gasteiger partial charge on any atom is 0.224 e. The van der Waals surface area contributed by atoms with Crippen LogP contribution in [0.4, 0.5) is 0 Å². The van der Waals surface area contributed by atoms with Crippen LogP contribution in [0.3, 0.4) is 0 Å². The summed E-state index contributed by atoms with van der Waals surface area (Å²) < 4.78 is 0. The first-order chi connectivity index (χ1) is 6.15. The summed E-state index contributed by atoms with van der Waals surface area (Å²) in [5, 5.41) is 0.596. The number of hydrogen-bond acceptors (Lipinski definition) is 2. The van der Waals surface area contributed by atoms with Crippen LogP contribution in [0.2, 0.25) is 10.4 Å². The summed E-state index contributed by atoms with van der Waals surface area (Å²) in [4.78, 5) is 7.86. The molecule has 1 rings (SSSR count). The largest absolute Gasteiger partial charge is 0.224 e. The molecule has 1 heterocycles. The van der Waals surface area contributed by atoms with E-state index in [1.165, 1.54) is 0 Å². The van der Waals surface area contributed by atoms with Crippen molar-refractivity contribution >= 4 is 29.3 Å². The Hall–Kier alpha value is -0.600. The Morgan fingerprint density at radius 2 is 2.00 bits per heavy atom.